The third kappa shape index (κ3) is 22.5. The molecule has 0 aliphatic heterocycles. The van der Waals surface area contributed by atoms with Gasteiger partial charge in [-0.25, -0.2) is 0 Å². The molecule has 0 amide bonds. The molecule has 0 rings (SSSR count). The second-order valence-corrected chi connectivity index (χ2v) is 3.49. The number of hydrogen-bond acceptors (Lipinski definition) is 1. The average Bonchev–Trinajstić information content (AvgIpc) is 2.24. The van der Waals surface area contributed by atoms with Gasteiger partial charge in [0.05, 0.1) is 0 Å². The number of hydrogen-bond donors (Lipinski definition) is 0. The molecule has 0 aliphatic carbocycles. The third-order valence-electron chi connectivity index (χ3n) is 2.05. The van der Waals surface area contributed by atoms with Gasteiger partial charge in [0, 0.05) is 0 Å². The quantitative estimate of drug-likeness (QED) is 0.318. The van der Waals surface area contributed by atoms with Crippen molar-refractivity contribution in [2.45, 2.75) is 65.2 Å². The van der Waals surface area contributed by atoms with Crippen LogP contribution in [-0.4, -0.2) is 6.29 Å². The van der Waals surface area contributed by atoms with Gasteiger partial charge in [0.1, 0.15) is 6.29 Å². The van der Waals surface area contributed by atoms with Crippen molar-refractivity contribution in [2.24, 2.45) is 0 Å². The molecule has 0 saturated heterocycles. The molecule has 0 aliphatic rings. The molecule has 14 heavy (non-hydrogen) atoms. The standard InChI is InChI=1S/C10H22.C3H4O/c1-3-5-7-9-10-8-6-4-2;1-2-3-4/h3-10H2,1-2H3;2-3H,1H2. The maximum atomic E-state index is 9.06. The Kier molecular flexibility index (Phi) is 20.7. The van der Waals surface area contributed by atoms with Crippen LogP contribution in [0.5, 0.6) is 0 Å². The van der Waals surface area contributed by atoms with E-state index < -0.39 is 0 Å². The van der Waals surface area contributed by atoms with Crippen LogP contribution >= 0.6 is 0 Å². The van der Waals surface area contributed by atoms with Gasteiger partial charge in [0.25, 0.3) is 0 Å². The molecule has 0 fully saturated rings. The summed E-state index contributed by atoms with van der Waals surface area (Å²) in [5.74, 6) is 0. The van der Waals surface area contributed by atoms with Crippen molar-refractivity contribution in [1.82, 2.24) is 0 Å². The first-order chi connectivity index (χ1) is 6.83. The van der Waals surface area contributed by atoms with Crippen LogP contribution in [0.4, 0.5) is 0 Å². The Labute approximate surface area is 89.6 Å². The van der Waals surface area contributed by atoms with E-state index >= 15 is 0 Å². The Morgan fingerprint density at radius 2 is 1.14 bits per heavy atom. The van der Waals surface area contributed by atoms with Gasteiger partial charge in [0.2, 0.25) is 0 Å². The van der Waals surface area contributed by atoms with Crippen LogP contribution < -0.4 is 0 Å². The highest BCUT2D eigenvalue weighted by Gasteiger charge is 1.87. The monoisotopic (exact) mass is 198 g/mol. The lowest BCUT2D eigenvalue weighted by Gasteiger charge is -1.97. The number of unbranched alkanes of at least 4 members (excludes halogenated alkanes) is 7. The second kappa shape index (κ2) is 18.2. The van der Waals surface area contributed by atoms with Gasteiger partial charge < -0.3 is 0 Å². The van der Waals surface area contributed by atoms with E-state index in [1.54, 1.807) is 0 Å². The van der Waals surface area contributed by atoms with Crippen molar-refractivity contribution in [2.75, 3.05) is 0 Å². The van der Waals surface area contributed by atoms with E-state index in [2.05, 4.69) is 20.4 Å². The lowest BCUT2D eigenvalue weighted by atomic mass is 10.1. The van der Waals surface area contributed by atoms with Crippen LogP contribution in [0.25, 0.3) is 0 Å². The summed E-state index contributed by atoms with van der Waals surface area (Å²) in [5, 5.41) is 0. The van der Waals surface area contributed by atoms with Gasteiger partial charge in [-0.05, 0) is 6.08 Å². The number of carbonyl (C=O) groups excluding carboxylic acids is 1. The van der Waals surface area contributed by atoms with Gasteiger partial charge in [-0.1, -0.05) is 71.8 Å². The molecule has 0 unspecified atom stereocenters. The first-order valence-electron chi connectivity index (χ1n) is 5.89. The number of carbonyl (C=O) groups is 1. The van der Waals surface area contributed by atoms with Crippen molar-refractivity contribution in [3.8, 4) is 0 Å². The molecule has 0 radical (unpaired) electrons. The first kappa shape index (κ1) is 15.9. The lowest BCUT2D eigenvalue weighted by molar-refractivity contribution is -0.104. The molecule has 0 aromatic heterocycles. The van der Waals surface area contributed by atoms with Crippen molar-refractivity contribution >= 4 is 6.29 Å². The van der Waals surface area contributed by atoms with Crippen molar-refractivity contribution in [3.05, 3.63) is 12.7 Å². The van der Waals surface area contributed by atoms with Crippen molar-refractivity contribution < 1.29 is 4.79 Å². The zero-order chi connectivity index (χ0) is 11.1. The normalized spacial score (nSPS) is 8.71. The SMILES string of the molecule is C=CC=O.CCCCCCCCCC. The van der Waals surface area contributed by atoms with E-state index in [4.69, 9.17) is 4.79 Å². The molecule has 1 nitrogen and oxygen atoms in total. The maximum Gasteiger partial charge on any atom is 0.142 e. The van der Waals surface area contributed by atoms with Gasteiger partial charge in [0.15, 0.2) is 0 Å². The fourth-order valence-corrected chi connectivity index (χ4v) is 1.21. The van der Waals surface area contributed by atoms with Gasteiger partial charge in [-0.2, -0.15) is 0 Å². The van der Waals surface area contributed by atoms with Gasteiger partial charge >= 0.3 is 0 Å². The predicted octanol–water partition coefficient (Wildman–Crippen LogP) is 4.52. The Morgan fingerprint density at radius 3 is 1.36 bits per heavy atom. The minimum atomic E-state index is 0.639. The Bertz CT molecular complexity index is 93.8. The lowest BCUT2D eigenvalue weighted by Crippen LogP contribution is -1.77. The fourth-order valence-electron chi connectivity index (χ4n) is 1.21. The summed E-state index contributed by atoms with van der Waals surface area (Å²) in [6.45, 7) is 7.65. The summed E-state index contributed by atoms with van der Waals surface area (Å²) in [7, 11) is 0. The van der Waals surface area contributed by atoms with E-state index in [9.17, 15) is 0 Å². The molecule has 0 N–H and O–H groups in total. The molecule has 0 bridgehead atoms. The molecular weight excluding hydrogens is 172 g/mol. The molecule has 0 atom stereocenters. The summed E-state index contributed by atoms with van der Waals surface area (Å²) in [6.07, 6.45) is 13.3. The van der Waals surface area contributed by atoms with E-state index in [1.165, 1.54) is 57.4 Å². The highest BCUT2D eigenvalue weighted by molar-refractivity contribution is 5.63. The van der Waals surface area contributed by atoms with E-state index in [-0.39, 0.29) is 0 Å². The Hall–Kier alpha value is -0.590. The smallest absolute Gasteiger partial charge is 0.142 e. The highest BCUT2D eigenvalue weighted by atomic mass is 16.1. The zero-order valence-electron chi connectivity index (χ0n) is 9.93. The molecule has 0 saturated carbocycles. The number of allylic oxidation sites excluding steroid dienone is 1. The van der Waals surface area contributed by atoms with Gasteiger partial charge in [-0.3, -0.25) is 4.79 Å². The minimum Gasteiger partial charge on any atom is -0.299 e. The molecule has 0 heterocycles. The van der Waals surface area contributed by atoms with Crippen LogP contribution in [0.2, 0.25) is 0 Å². The molecule has 1 heteroatoms. The molecular formula is C13H26O. The third-order valence-corrected chi connectivity index (χ3v) is 2.05. The molecule has 0 spiro atoms. The topological polar surface area (TPSA) is 17.1 Å². The van der Waals surface area contributed by atoms with Crippen LogP contribution in [0, 0.1) is 0 Å². The molecule has 0 aromatic rings. The minimum absolute atomic E-state index is 0.639. The first-order valence-corrected chi connectivity index (χ1v) is 5.89. The van der Waals surface area contributed by atoms with E-state index in [0.717, 1.165) is 0 Å². The van der Waals surface area contributed by atoms with Crippen LogP contribution in [0.3, 0.4) is 0 Å². The van der Waals surface area contributed by atoms with E-state index in [0.29, 0.717) is 6.29 Å². The summed E-state index contributed by atoms with van der Waals surface area (Å²) in [4.78, 5) is 9.06. The van der Waals surface area contributed by atoms with Crippen molar-refractivity contribution in [3.63, 3.8) is 0 Å². The number of aldehydes is 1. The molecule has 0 aromatic carbocycles. The van der Waals surface area contributed by atoms with Crippen LogP contribution in [-0.2, 0) is 4.79 Å². The molecule has 84 valence electrons. The predicted molar refractivity (Wildman–Crippen MR) is 64.5 cm³/mol. The number of rotatable bonds is 8. The summed E-state index contributed by atoms with van der Waals surface area (Å²) in [5.41, 5.74) is 0. The average molecular weight is 198 g/mol. The van der Waals surface area contributed by atoms with Crippen LogP contribution in [0.1, 0.15) is 65.2 Å². The Morgan fingerprint density at radius 1 is 0.857 bits per heavy atom. The summed E-state index contributed by atoms with van der Waals surface area (Å²) < 4.78 is 0. The fraction of sp³-hybridized carbons (Fsp3) is 0.769. The maximum absolute atomic E-state index is 9.06. The summed E-state index contributed by atoms with van der Waals surface area (Å²) in [6, 6.07) is 0. The summed E-state index contributed by atoms with van der Waals surface area (Å²) >= 11 is 0. The highest BCUT2D eigenvalue weighted by Crippen LogP contribution is 2.07. The van der Waals surface area contributed by atoms with Gasteiger partial charge in [-0.15, -0.1) is 0 Å². The largest absolute Gasteiger partial charge is 0.299 e. The second-order valence-electron chi connectivity index (χ2n) is 3.49. The van der Waals surface area contributed by atoms with E-state index in [1.807, 2.05) is 0 Å². The van der Waals surface area contributed by atoms with Crippen molar-refractivity contribution in [1.29, 1.82) is 0 Å². The Balaban J connectivity index is 0. The van der Waals surface area contributed by atoms with Crippen LogP contribution in [0.15, 0.2) is 12.7 Å². The zero-order valence-corrected chi connectivity index (χ0v) is 9.93.